The van der Waals surface area contributed by atoms with Crippen LogP contribution in [0.1, 0.15) is 16.7 Å². The summed E-state index contributed by atoms with van der Waals surface area (Å²) in [5, 5.41) is 0.789. The van der Waals surface area contributed by atoms with Gasteiger partial charge >= 0.3 is 0 Å². The summed E-state index contributed by atoms with van der Waals surface area (Å²) in [5.41, 5.74) is 10.3. The molecule has 0 spiro atoms. The lowest BCUT2D eigenvalue weighted by atomic mass is 9.93. The van der Waals surface area contributed by atoms with Crippen LogP contribution in [0.15, 0.2) is 48.5 Å². The molecule has 0 atom stereocenters. The van der Waals surface area contributed by atoms with Gasteiger partial charge < -0.3 is 5.73 Å². The number of rotatable bonds is 4. The average molecular weight is 301 g/mol. The van der Waals surface area contributed by atoms with E-state index in [0.29, 0.717) is 6.54 Å². The highest BCUT2D eigenvalue weighted by atomic mass is 35.5. The van der Waals surface area contributed by atoms with Crippen LogP contribution in [0.5, 0.6) is 0 Å². The molecular formula is C18H21ClN2. The highest BCUT2D eigenvalue weighted by Crippen LogP contribution is 2.34. The lowest BCUT2D eigenvalue weighted by molar-refractivity contribution is 0.127. The van der Waals surface area contributed by atoms with Crippen molar-refractivity contribution in [2.45, 2.75) is 24.9 Å². The molecule has 0 bridgehead atoms. The first-order valence-electron chi connectivity index (χ1n) is 7.35. The molecule has 0 fully saturated rings. The van der Waals surface area contributed by atoms with Gasteiger partial charge in [-0.1, -0.05) is 48.0 Å². The van der Waals surface area contributed by atoms with Gasteiger partial charge in [-0.25, -0.2) is 0 Å². The van der Waals surface area contributed by atoms with Crippen LogP contribution in [0.25, 0.3) is 0 Å². The van der Waals surface area contributed by atoms with Gasteiger partial charge in [-0.05, 0) is 48.7 Å². The molecule has 0 aliphatic heterocycles. The van der Waals surface area contributed by atoms with Crippen molar-refractivity contribution in [2.75, 3.05) is 13.6 Å². The van der Waals surface area contributed by atoms with Crippen molar-refractivity contribution in [2.24, 2.45) is 5.73 Å². The third-order valence-electron chi connectivity index (χ3n) is 4.66. The molecule has 0 radical (unpaired) electrons. The minimum atomic E-state index is 0.0198. The Kier molecular flexibility index (Phi) is 4.03. The molecule has 21 heavy (non-hydrogen) atoms. The molecule has 0 saturated heterocycles. The summed E-state index contributed by atoms with van der Waals surface area (Å²) in [7, 11) is 2.17. The van der Waals surface area contributed by atoms with E-state index in [2.05, 4.69) is 42.3 Å². The van der Waals surface area contributed by atoms with E-state index in [1.807, 2.05) is 18.2 Å². The van der Waals surface area contributed by atoms with Crippen LogP contribution in [-0.2, 0) is 19.4 Å². The first kappa shape index (κ1) is 14.6. The van der Waals surface area contributed by atoms with E-state index in [1.165, 1.54) is 16.7 Å². The summed E-state index contributed by atoms with van der Waals surface area (Å²) in [6.07, 6.45) is 2.05. The van der Waals surface area contributed by atoms with Crippen LogP contribution in [0, 0.1) is 0 Å². The number of nitrogens with zero attached hydrogens (tertiary/aromatic N) is 1. The summed E-state index contributed by atoms with van der Waals surface area (Å²) in [5.74, 6) is 0. The van der Waals surface area contributed by atoms with Crippen molar-refractivity contribution in [3.8, 4) is 0 Å². The Morgan fingerprint density at radius 2 is 1.76 bits per heavy atom. The number of benzene rings is 2. The average Bonchev–Trinajstić information content (AvgIpc) is 2.87. The van der Waals surface area contributed by atoms with Gasteiger partial charge in [0.05, 0.1) is 0 Å². The van der Waals surface area contributed by atoms with E-state index in [1.54, 1.807) is 0 Å². The summed E-state index contributed by atoms with van der Waals surface area (Å²) >= 11 is 6.09. The van der Waals surface area contributed by atoms with E-state index >= 15 is 0 Å². The quantitative estimate of drug-likeness (QED) is 0.939. The molecule has 2 aromatic carbocycles. The largest absolute Gasteiger partial charge is 0.329 e. The third-order valence-corrected chi connectivity index (χ3v) is 4.89. The van der Waals surface area contributed by atoms with E-state index in [4.69, 9.17) is 17.3 Å². The SMILES string of the molecule is CN(Cc1cccc(Cl)c1)C1(CN)Cc2ccccc2C1. The van der Waals surface area contributed by atoms with E-state index in [-0.39, 0.29) is 5.54 Å². The van der Waals surface area contributed by atoms with Crippen LogP contribution in [0.3, 0.4) is 0 Å². The predicted octanol–water partition coefficient (Wildman–Crippen LogP) is 3.27. The fraction of sp³-hybridized carbons (Fsp3) is 0.333. The molecule has 0 aromatic heterocycles. The van der Waals surface area contributed by atoms with Crippen molar-refractivity contribution < 1.29 is 0 Å². The Morgan fingerprint density at radius 1 is 1.10 bits per heavy atom. The molecule has 1 aliphatic carbocycles. The lowest BCUT2D eigenvalue weighted by Gasteiger charge is -2.38. The van der Waals surface area contributed by atoms with E-state index < -0.39 is 0 Å². The molecule has 2 N–H and O–H groups in total. The molecule has 2 nitrogen and oxygen atoms in total. The first-order valence-corrected chi connectivity index (χ1v) is 7.73. The van der Waals surface area contributed by atoms with Crippen molar-refractivity contribution in [1.29, 1.82) is 0 Å². The number of halogens is 1. The maximum Gasteiger partial charge on any atom is 0.0412 e. The topological polar surface area (TPSA) is 29.3 Å². The molecule has 3 rings (SSSR count). The fourth-order valence-electron chi connectivity index (χ4n) is 3.32. The summed E-state index contributed by atoms with van der Waals surface area (Å²) in [6.45, 7) is 1.53. The van der Waals surface area contributed by atoms with Crippen LogP contribution in [0.4, 0.5) is 0 Å². The lowest BCUT2D eigenvalue weighted by Crippen LogP contribution is -2.52. The molecule has 110 valence electrons. The second-order valence-electron chi connectivity index (χ2n) is 6.04. The van der Waals surface area contributed by atoms with E-state index in [9.17, 15) is 0 Å². The van der Waals surface area contributed by atoms with Gasteiger partial charge in [-0.2, -0.15) is 0 Å². The Morgan fingerprint density at radius 3 is 2.33 bits per heavy atom. The molecule has 3 heteroatoms. The molecule has 0 unspecified atom stereocenters. The van der Waals surface area contributed by atoms with Gasteiger partial charge in [0.25, 0.3) is 0 Å². The Bertz CT molecular complexity index is 614. The van der Waals surface area contributed by atoms with Gasteiger partial charge in [0.1, 0.15) is 0 Å². The smallest absolute Gasteiger partial charge is 0.0412 e. The van der Waals surface area contributed by atoms with Crippen molar-refractivity contribution in [1.82, 2.24) is 4.90 Å². The standard InChI is InChI=1S/C18H21ClN2/c1-21(12-14-5-4-8-17(19)9-14)18(13-20)10-15-6-2-3-7-16(15)11-18/h2-9H,10-13,20H2,1H3. The number of likely N-dealkylation sites (N-methyl/N-ethyl adjacent to an activating group) is 1. The zero-order valence-electron chi connectivity index (χ0n) is 12.3. The van der Waals surface area contributed by atoms with Gasteiger partial charge in [0, 0.05) is 23.7 Å². The zero-order valence-corrected chi connectivity index (χ0v) is 13.1. The molecular weight excluding hydrogens is 280 g/mol. The zero-order chi connectivity index (χ0) is 14.9. The first-order chi connectivity index (χ1) is 10.1. The predicted molar refractivity (Wildman–Crippen MR) is 88.6 cm³/mol. The Hall–Kier alpha value is -1.35. The van der Waals surface area contributed by atoms with Crippen molar-refractivity contribution in [3.63, 3.8) is 0 Å². The molecule has 2 aromatic rings. The third kappa shape index (κ3) is 2.84. The molecule has 0 saturated carbocycles. The van der Waals surface area contributed by atoms with Gasteiger partial charge in [0.15, 0.2) is 0 Å². The summed E-state index contributed by atoms with van der Waals surface area (Å²) < 4.78 is 0. The Labute approximate surface area is 131 Å². The molecule has 1 aliphatic rings. The summed E-state index contributed by atoms with van der Waals surface area (Å²) in [4.78, 5) is 2.39. The van der Waals surface area contributed by atoms with Crippen LogP contribution in [-0.4, -0.2) is 24.0 Å². The highest BCUT2D eigenvalue weighted by molar-refractivity contribution is 6.30. The van der Waals surface area contributed by atoms with Gasteiger partial charge in [-0.15, -0.1) is 0 Å². The highest BCUT2D eigenvalue weighted by Gasteiger charge is 2.39. The Balaban J connectivity index is 1.81. The second kappa shape index (κ2) is 5.80. The number of hydrogen-bond acceptors (Lipinski definition) is 2. The van der Waals surface area contributed by atoms with Crippen LogP contribution < -0.4 is 5.73 Å². The normalized spacial score (nSPS) is 16.2. The van der Waals surface area contributed by atoms with Crippen LogP contribution >= 0.6 is 11.6 Å². The second-order valence-corrected chi connectivity index (χ2v) is 6.47. The summed E-state index contributed by atoms with van der Waals surface area (Å²) in [6, 6.07) is 16.7. The van der Waals surface area contributed by atoms with Crippen molar-refractivity contribution in [3.05, 3.63) is 70.2 Å². The molecule has 0 amide bonds. The maximum absolute atomic E-state index is 6.16. The number of fused-ring (bicyclic) bond motifs is 1. The minimum absolute atomic E-state index is 0.0198. The fourth-order valence-corrected chi connectivity index (χ4v) is 3.53. The van der Waals surface area contributed by atoms with Crippen molar-refractivity contribution >= 4 is 11.6 Å². The number of nitrogens with two attached hydrogens (primary N) is 1. The molecule has 0 heterocycles. The van der Waals surface area contributed by atoms with Gasteiger partial charge in [0.2, 0.25) is 0 Å². The monoisotopic (exact) mass is 300 g/mol. The van der Waals surface area contributed by atoms with Gasteiger partial charge in [-0.3, -0.25) is 4.90 Å². The number of hydrogen-bond donors (Lipinski definition) is 1. The van der Waals surface area contributed by atoms with Crippen LogP contribution in [0.2, 0.25) is 5.02 Å². The van der Waals surface area contributed by atoms with E-state index in [0.717, 1.165) is 24.4 Å². The maximum atomic E-state index is 6.16. The minimum Gasteiger partial charge on any atom is -0.329 e.